The zero-order valence-electron chi connectivity index (χ0n) is 8.73. The van der Waals surface area contributed by atoms with Crippen LogP contribution in [-0.4, -0.2) is 21.8 Å². The minimum absolute atomic E-state index is 0.483. The molecule has 0 aliphatic heterocycles. The quantitative estimate of drug-likeness (QED) is 0.766. The van der Waals surface area contributed by atoms with E-state index in [0.717, 1.165) is 4.90 Å². The van der Waals surface area contributed by atoms with Crippen LogP contribution in [0.5, 0.6) is 0 Å². The molecule has 0 bridgehead atoms. The van der Waals surface area contributed by atoms with E-state index in [1.54, 1.807) is 32.3 Å². The second-order valence-corrected chi connectivity index (χ2v) is 4.91. The minimum Gasteiger partial charge on any atom is -0.481 e. The van der Waals surface area contributed by atoms with E-state index in [0.29, 0.717) is 11.4 Å². The van der Waals surface area contributed by atoms with Crippen molar-refractivity contribution in [2.45, 2.75) is 18.7 Å². The highest BCUT2D eigenvalue weighted by molar-refractivity contribution is 7.99. The van der Waals surface area contributed by atoms with Gasteiger partial charge in [0.25, 0.3) is 0 Å². The number of carboxylic acid groups (broad SMARTS) is 1. The lowest BCUT2D eigenvalue weighted by molar-refractivity contribution is -0.145. The van der Waals surface area contributed by atoms with E-state index in [4.69, 9.17) is 10.8 Å². The number of nitrogens with zero attached hydrogens (tertiary/aromatic N) is 1. The largest absolute Gasteiger partial charge is 0.481 e. The number of aliphatic carboxylic acids is 1. The summed E-state index contributed by atoms with van der Waals surface area (Å²) in [4.78, 5) is 15.6. The molecule has 82 valence electrons. The normalized spacial score (nSPS) is 11.3. The van der Waals surface area contributed by atoms with Crippen molar-refractivity contribution in [3.8, 4) is 0 Å². The van der Waals surface area contributed by atoms with E-state index in [1.165, 1.54) is 11.8 Å². The third kappa shape index (κ3) is 3.13. The SMILES string of the molecule is CC(C)(CSc1ccncc1N)C(=O)O. The molecular formula is C10H14N2O2S. The summed E-state index contributed by atoms with van der Waals surface area (Å²) in [6.45, 7) is 3.39. The zero-order valence-corrected chi connectivity index (χ0v) is 9.54. The lowest BCUT2D eigenvalue weighted by Crippen LogP contribution is -2.26. The van der Waals surface area contributed by atoms with Gasteiger partial charge in [-0.25, -0.2) is 0 Å². The first-order valence-corrected chi connectivity index (χ1v) is 5.48. The molecule has 0 aliphatic rings. The molecule has 0 radical (unpaired) electrons. The fourth-order valence-electron chi connectivity index (χ4n) is 0.845. The number of nitrogen functional groups attached to an aromatic ring is 1. The average Bonchev–Trinajstić information content (AvgIpc) is 2.16. The first-order valence-electron chi connectivity index (χ1n) is 4.49. The van der Waals surface area contributed by atoms with Crippen LogP contribution in [0.2, 0.25) is 0 Å². The van der Waals surface area contributed by atoms with Crippen molar-refractivity contribution < 1.29 is 9.90 Å². The standard InChI is InChI=1S/C10H14N2O2S/c1-10(2,9(13)14)6-15-8-3-4-12-5-7(8)11/h3-5H,6,11H2,1-2H3,(H,13,14). The molecule has 0 unspecified atom stereocenters. The number of aromatic nitrogens is 1. The van der Waals surface area contributed by atoms with Crippen molar-refractivity contribution in [3.05, 3.63) is 18.5 Å². The van der Waals surface area contributed by atoms with Gasteiger partial charge < -0.3 is 10.8 Å². The molecular weight excluding hydrogens is 212 g/mol. The van der Waals surface area contributed by atoms with Crippen LogP contribution in [0.4, 0.5) is 5.69 Å². The van der Waals surface area contributed by atoms with Crippen LogP contribution in [0.25, 0.3) is 0 Å². The molecule has 0 aromatic carbocycles. The summed E-state index contributed by atoms with van der Waals surface area (Å²) in [7, 11) is 0. The van der Waals surface area contributed by atoms with Gasteiger partial charge in [0.15, 0.2) is 0 Å². The highest BCUT2D eigenvalue weighted by Gasteiger charge is 2.27. The number of carboxylic acids is 1. The molecule has 0 aliphatic carbocycles. The van der Waals surface area contributed by atoms with Crippen LogP contribution in [-0.2, 0) is 4.79 Å². The number of thioether (sulfide) groups is 1. The van der Waals surface area contributed by atoms with Gasteiger partial charge >= 0.3 is 5.97 Å². The number of rotatable bonds is 4. The van der Waals surface area contributed by atoms with Crippen molar-refractivity contribution in [2.24, 2.45) is 5.41 Å². The lowest BCUT2D eigenvalue weighted by atomic mass is 9.97. The van der Waals surface area contributed by atoms with E-state index in [9.17, 15) is 4.79 Å². The Kier molecular flexibility index (Phi) is 3.57. The third-order valence-electron chi connectivity index (χ3n) is 1.98. The van der Waals surface area contributed by atoms with Crippen molar-refractivity contribution in [3.63, 3.8) is 0 Å². The number of nitrogens with two attached hydrogens (primary N) is 1. The van der Waals surface area contributed by atoms with Gasteiger partial charge in [0.05, 0.1) is 17.3 Å². The van der Waals surface area contributed by atoms with Crippen molar-refractivity contribution in [1.82, 2.24) is 4.98 Å². The lowest BCUT2D eigenvalue weighted by Gasteiger charge is -2.18. The molecule has 0 saturated heterocycles. The van der Waals surface area contributed by atoms with Crippen LogP contribution in [0, 0.1) is 5.41 Å². The molecule has 1 aromatic rings. The molecule has 0 saturated carbocycles. The highest BCUT2D eigenvalue weighted by atomic mass is 32.2. The number of hydrogen-bond acceptors (Lipinski definition) is 4. The van der Waals surface area contributed by atoms with E-state index < -0.39 is 11.4 Å². The third-order valence-corrected chi connectivity index (χ3v) is 3.53. The summed E-state index contributed by atoms with van der Waals surface area (Å²) in [5, 5.41) is 8.93. The van der Waals surface area contributed by atoms with Crippen molar-refractivity contribution in [2.75, 3.05) is 11.5 Å². The van der Waals surface area contributed by atoms with Gasteiger partial charge in [-0.05, 0) is 19.9 Å². The second kappa shape index (κ2) is 4.53. The van der Waals surface area contributed by atoms with Gasteiger partial charge in [0.1, 0.15) is 0 Å². The Morgan fingerprint density at radius 2 is 2.33 bits per heavy atom. The second-order valence-electron chi connectivity index (χ2n) is 3.89. The molecule has 3 N–H and O–H groups in total. The van der Waals surface area contributed by atoms with E-state index >= 15 is 0 Å². The van der Waals surface area contributed by atoms with Gasteiger partial charge in [0, 0.05) is 16.8 Å². The number of anilines is 1. The molecule has 0 spiro atoms. The van der Waals surface area contributed by atoms with E-state index in [-0.39, 0.29) is 0 Å². The van der Waals surface area contributed by atoms with Crippen LogP contribution in [0.3, 0.4) is 0 Å². The Bertz CT molecular complexity index is 366. The number of hydrogen-bond donors (Lipinski definition) is 2. The van der Waals surface area contributed by atoms with Crippen LogP contribution in [0.1, 0.15) is 13.8 Å². The maximum Gasteiger partial charge on any atom is 0.309 e. The maximum absolute atomic E-state index is 10.9. The van der Waals surface area contributed by atoms with Gasteiger partial charge in [-0.3, -0.25) is 9.78 Å². The predicted molar refractivity (Wildman–Crippen MR) is 60.8 cm³/mol. The first-order chi connectivity index (χ1) is 6.93. The van der Waals surface area contributed by atoms with Crippen LogP contribution < -0.4 is 5.73 Å². The monoisotopic (exact) mass is 226 g/mol. The summed E-state index contributed by atoms with van der Waals surface area (Å²) in [5.41, 5.74) is 5.53. The summed E-state index contributed by atoms with van der Waals surface area (Å²) >= 11 is 1.44. The van der Waals surface area contributed by atoms with Crippen LogP contribution in [0.15, 0.2) is 23.4 Å². The molecule has 1 heterocycles. The van der Waals surface area contributed by atoms with Gasteiger partial charge in [-0.2, -0.15) is 0 Å². The van der Waals surface area contributed by atoms with Gasteiger partial charge in [-0.15, -0.1) is 11.8 Å². The first kappa shape index (κ1) is 11.8. The molecule has 0 fully saturated rings. The molecule has 0 atom stereocenters. The van der Waals surface area contributed by atoms with E-state index in [1.807, 2.05) is 0 Å². The highest BCUT2D eigenvalue weighted by Crippen LogP contribution is 2.30. The van der Waals surface area contributed by atoms with Gasteiger partial charge in [-0.1, -0.05) is 0 Å². The number of pyridine rings is 1. The summed E-state index contributed by atoms with van der Waals surface area (Å²) < 4.78 is 0. The molecule has 1 aromatic heterocycles. The van der Waals surface area contributed by atoms with Crippen LogP contribution >= 0.6 is 11.8 Å². The molecule has 5 heteroatoms. The van der Waals surface area contributed by atoms with Crippen molar-refractivity contribution >= 4 is 23.4 Å². The molecule has 1 rings (SSSR count). The Labute approximate surface area is 92.9 Å². The van der Waals surface area contributed by atoms with Gasteiger partial charge in [0.2, 0.25) is 0 Å². The predicted octanol–water partition coefficient (Wildman–Crippen LogP) is 1.87. The Morgan fingerprint density at radius 3 is 2.87 bits per heavy atom. The Hall–Kier alpha value is -1.23. The fraction of sp³-hybridized carbons (Fsp3) is 0.400. The zero-order chi connectivity index (χ0) is 11.5. The average molecular weight is 226 g/mol. The molecule has 0 amide bonds. The van der Waals surface area contributed by atoms with E-state index in [2.05, 4.69) is 4.98 Å². The van der Waals surface area contributed by atoms with Crippen molar-refractivity contribution in [1.29, 1.82) is 0 Å². The Balaban J connectivity index is 2.66. The summed E-state index contributed by atoms with van der Waals surface area (Å²) in [5.74, 6) is -0.320. The smallest absolute Gasteiger partial charge is 0.309 e. The molecule has 15 heavy (non-hydrogen) atoms. The topological polar surface area (TPSA) is 76.2 Å². The summed E-state index contributed by atoms with van der Waals surface area (Å²) in [6, 6.07) is 1.79. The number of carbonyl (C=O) groups is 1. The maximum atomic E-state index is 10.9. The molecule has 4 nitrogen and oxygen atoms in total. The Morgan fingerprint density at radius 1 is 1.67 bits per heavy atom. The fourth-order valence-corrected chi connectivity index (χ4v) is 1.86. The minimum atomic E-state index is -0.803. The summed E-state index contributed by atoms with van der Waals surface area (Å²) in [6.07, 6.45) is 3.21.